The van der Waals surface area contributed by atoms with E-state index in [1.165, 1.54) is 0 Å². The van der Waals surface area contributed by atoms with Crippen LogP contribution >= 0.6 is 11.6 Å². The Bertz CT molecular complexity index is 819. The number of halogens is 1. The van der Waals surface area contributed by atoms with Crippen LogP contribution in [-0.4, -0.2) is 10.4 Å². The van der Waals surface area contributed by atoms with Crippen molar-refractivity contribution < 1.29 is 4.79 Å². The van der Waals surface area contributed by atoms with E-state index in [2.05, 4.69) is 17.6 Å². The van der Waals surface area contributed by atoms with Gasteiger partial charge in [0.2, 0.25) is 0 Å². The molecular weight excluding hydrogens is 294 g/mol. The smallest absolute Gasteiger partial charge is 0.196 e. The van der Waals surface area contributed by atoms with Gasteiger partial charge >= 0.3 is 0 Å². The number of carbonyl (C=O) groups is 1. The summed E-state index contributed by atoms with van der Waals surface area (Å²) in [4.78, 5) is 12.9. The Morgan fingerprint density at radius 2 is 1.77 bits per heavy atom. The fourth-order valence-electron chi connectivity index (χ4n) is 2.73. The van der Waals surface area contributed by atoms with Crippen molar-refractivity contribution >= 4 is 28.3 Å². The van der Waals surface area contributed by atoms with Gasteiger partial charge in [-0.05, 0) is 24.6 Å². The lowest BCUT2D eigenvalue weighted by Crippen LogP contribution is -2.01. The predicted molar refractivity (Wildman–Crippen MR) is 91.7 cm³/mol. The minimum atomic E-state index is -0.0166. The highest BCUT2D eigenvalue weighted by Crippen LogP contribution is 2.26. The molecule has 2 aromatic carbocycles. The van der Waals surface area contributed by atoms with E-state index in [0.717, 1.165) is 35.9 Å². The average Bonchev–Trinajstić information content (AvgIpc) is 2.92. The second-order valence-corrected chi connectivity index (χ2v) is 5.82. The first-order valence-electron chi connectivity index (χ1n) is 7.59. The van der Waals surface area contributed by atoms with Crippen LogP contribution in [0.3, 0.4) is 0 Å². The van der Waals surface area contributed by atoms with Crippen LogP contribution in [0.2, 0.25) is 5.02 Å². The Balaban J connectivity index is 2.11. The first kappa shape index (κ1) is 14.9. The molecule has 0 saturated carbocycles. The van der Waals surface area contributed by atoms with E-state index in [1.54, 1.807) is 12.1 Å². The van der Waals surface area contributed by atoms with E-state index >= 15 is 0 Å². The van der Waals surface area contributed by atoms with Gasteiger partial charge in [-0.15, -0.1) is 0 Å². The number of para-hydroxylation sites is 1. The van der Waals surface area contributed by atoms with Gasteiger partial charge in [-0.2, -0.15) is 0 Å². The third kappa shape index (κ3) is 2.67. The van der Waals surface area contributed by atoms with Crippen LogP contribution in [0.4, 0.5) is 0 Å². The molecule has 0 N–H and O–H groups in total. The van der Waals surface area contributed by atoms with Crippen molar-refractivity contribution in [3.63, 3.8) is 0 Å². The zero-order valence-electron chi connectivity index (χ0n) is 12.6. The quantitative estimate of drug-likeness (QED) is 0.584. The molecule has 0 amide bonds. The van der Waals surface area contributed by atoms with Crippen LogP contribution < -0.4 is 0 Å². The summed E-state index contributed by atoms with van der Waals surface area (Å²) < 4.78 is 2.17. The molecule has 0 aliphatic heterocycles. The molecule has 3 aromatic rings. The Morgan fingerprint density at radius 1 is 1.05 bits per heavy atom. The van der Waals surface area contributed by atoms with E-state index in [0.29, 0.717) is 10.6 Å². The molecule has 1 heterocycles. The third-order valence-electron chi connectivity index (χ3n) is 3.90. The number of fused-ring (bicyclic) bond motifs is 1. The SMILES string of the molecule is CCCCn1cc(C(=O)c2ccccc2Cl)c2ccccc21. The molecular formula is C19H18ClNO. The normalized spacial score (nSPS) is 11.0. The standard InChI is InChI=1S/C19H18ClNO/c1-2-3-12-21-13-16(14-8-5-7-11-18(14)21)19(22)15-9-4-6-10-17(15)20/h4-11,13H,2-3,12H2,1H3. The fraction of sp³-hybridized carbons (Fsp3) is 0.211. The molecule has 0 fully saturated rings. The van der Waals surface area contributed by atoms with Gasteiger partial charge in [0, 0.05) is 34.8 Å². The summed E-state index contributed by atoms with van der Waals surface area (Å²) in [7, 11) is 0. The second-order valence-electron chi connectivity index (χ2n) is 5.42. The number of unbranched alkanes of at least 4 members (excludes halogenated alkanes) is 1. The summed E-state index contributed by atoms with van der Waals surface area (Å²) in [6.45, 7) is 3.09. The van der Waals surface area contributed by atoms with Gasteiger partial charge in [-0.1, -0.05) is 55.3 Å². The van der Waals surface area contributed by atoms with Crippen LogP contribution in [0.15, 0.2) is 54.7 Å². The number of hydrogen-bond donors (Lipinski definition) is 0. The molecule has 3 heteroatoms. The summed E-state index contributed by atoms with van der Waals surface area (Å²) in [5, 5.41) is 1.49. The van der Waals surface area contributed by atoms with Crippen LogP contribution in [0, 0.1) is 0 Å². The number of benzene rings is 2. The maximum atomic E-state index is 12.9. The topological polar surface area (TPSA) is 22.0 Å². The van der Waals surface area contributed by atoms with Gasteiger partial charge in [-0.25, -0.2) is 0 Å². The predicted octanol–water partition coefficient (Wildman–Crippen LogP) is 5.33. The van der Waals surface area contributed by atoms with Crippen LogP contribution in [0.25, 0.3) is 10.9 Å². The molecule has 0 radical (unpaired) electrons. The average molecular weight is 312 g/mol. The Kier molecular flexibility index (Phi) is 4.30. The van der Waals surface area contributed by atoms with Crippen LogP contribution in [-0.2, 0) is 6.54 Å². The van der Waals surface area contributed by atoms with Crippen molar-refractivity contribution in [1.29, 1.82) is 0 Å². The van der Waals surface area contributed by atoms with Crippen molar-refractivity contribution in [3.8, 4) is 0 Å². The van der Waals surface area contributed by atoms with Gasteiger partial charge in [0.1, 0.15) is 0 Å². The summed E-state index contributed by atoms with van der Waals surface area (Å²) >= 11 is 6.18. The number of aryl methyl sites for hydroxylation is 1. The lowest BCUT2D eigenvalue weighted by atomic mass is 10.0. The molecule has 0 spiro atoms. The molecule has 0 atom stereocenters. The van der Waals surface area contributed by atoms with Gasteiger partial charge < -0.3 is 4.57 Å². The van der Waals surface area contributed by atoms with Crippen LogP contribution in [0.5, 0.6) is 0 Å². The third-order valence-corrected chi connectivity index (χ3v) is 4.23. The van der Waals surface area contributed by atoms with E-state index in [-0.39, 0.29) is 5.78 Å². The molecule has 22 heavy (non-hydrogen) atoms. The van der Waals surface area contributed by atoms with Crippen molar-refractivity contribution in [2.75, 3.05) is 0 Å². The number of ketones is 1. The molecule has 0 aliphatic carbocycles. The molecule has 0 saturated heterocycles. The van der Waals surface area contributed by atoms with Gasteiger partial charge in [0.25, 0.3) is 0 Å². The largest absolute Gasteiger partial charge is 0.347 e. The fourth-order valence-corrected chi connectivity index (χ4v) is 2.95. The molecule has 2 nitrogen and oxygen atoms in total. The van der Waals surface area contributed by atoms with Gasteiger partial charge in [-0.3, -0.25) is 4.79 Å². The number of rotatable bonds is 5. The first-order chi connectivity index (χ1) is 10.7. The Morgan fingerprint density at radius 3 is 2.55 bits per heavy atom. The monoisotopic (exact) mass is 311 g/mol. The number of nitrogens with zero attached hydrogens (tertiary/aromatic N) is 1. The minimum absolute atomic E-state index is 0.0166. The van der Waals surface area contributed by atoms with Crippen molar-refractivity contribution in [1.82, 2.24) is 4.57 Å². The van der Waals surface area contributed by atoms with E-state index in [1.807, 2.05) is 36.5 Å². The summed E-state index contributed by atoms with van der Waals surface area (Å²) in [5.41, 5.74) is 2.38. The number of hydrogen-bond acceptors (Lipinski definition) is 1. The lowest BCUT2D eigenvalue weighted by Gasteiger charge is -2.02. The molecule has 0 aliphatic rings. The summed E-state index contributed by atoms with van der Waals surface area (Å²) in [6, 6.07) is 15.3. The Hall–Kier alpha value is -2.06. The number of aromatic nitrogens is 1. The second kappa shape index (κ2) is 6.37. The highest BCUT2D eigenvalue weighted by molar-refractivity contribution is 6.35. The summed E-state index contributed by atoms with van der Waals surface area (Å²) in [5.74, 6) is -0.0166. The van der Waals surface area contributed by atoms with Gasteiger partial charge in [0.05, 0.1) is 5.02 Å². The van der Waals surface area contributed by atoms with Crippen molar-refractivity contribution in [2.45, 2.75) is 26.3 Å². The van der Waals surface area contributed by atoms with E-state index in [9.17, 15) is 4.79 Å². The van der Waals surface area contributed by atoms with Crippen molar-refractivity contribution in [2.24, 2.45) is 0 Å². The summed E-state index contributed by atoms with van der Waals surface area (Å²) in [6.07, 6.45) is 4.19. The highest BCUT2D eigenvalue weighted by Gasteiger charge is 2.18. The van der Waals surface area contributed by atoms with Gasteiger partial charge in [0.15, 0.2) is 5.78 Å². The number of carbonyl (C=O) groups excluding carboxylic acids is 1. The first-order valence-corrected chi connectivity index (χ1v) is 7.97. The zero-order valence-corrected chi connectivity index (χ0v) is 13.3. The molecule has 0 bridgehead atoms. The minimum Gasteiger partial charge on any atom is -0.347 e. The van der Waals surface area contributed by atoms with E-state index in [4.69, 9.17) is 11.6 Å². The Labute approximate surface area is 135 Å². The van der Waals surface area contributed by atoms with E-state index < -0.39 is 0 Å². The lowest BCUT2D eigenvalue weighted by molar-refractivity contribution is 0.104. The maximum Gasteiger partial charge on any atom is 0.196 e. The molecule has 1 aromatic heterocycles. The molecule has 0 unspecified atom stereocenters. The van der Waals surface area contributed by atoms with Crippen molar-refractivity contribution in [3.05, 3.63) is 70.9 Å². The zero-order chi connectivity index (χ0) is 15.5. The molecule has 112 valence electrons. The molecule has 3 rings (SSSR count). The highest BCUT2D eigenvalue weighted by atomic mass is 35.5. The van der Waals surface area contributed by atoms with Crippen LogP contribution in [0.1, 0.15) is 35.7 Å². The maximum absolute atomic E-state index is 12.9.